The molecule has 0 saturated heterocycles. The van der Waals surface area contributed by atoms with Gasteiger partial charge < -0.3 is 15.4 Å². The third-order valence-electron chi connectivity index (χ3n) is 3.36. The van der Waals surface area contributed by atoms with E-state index in [0.717, 1.165) is 24.6 Å². The lowest BCUT2D eigenvalue weighted by Crippen LogP contribution is -2.22. The van der Waals surface area contributed by atoms with Crippen LogP contribution in [0.15, 0.2) is 48.4 Å². The molecule has 0 aliphatic rings. The first-order valence-electron chi connectivity index (χ1n) is 9.51. The van der Waals surface area contributed by atoms with Crippen LogP contribution in [0.3, 0.4) is 0 Å². The minimum Gasteiger partial charge on any atom is -0.504 e. The van der Waals surface area contributed by atoms with Crippen LogP contribution in [-0.4, -0.2) is 36.2 Å². The standard InChI is InChI=1S/C12H10F2N4O2.C5H10O.C5H10/c1-15-12(20)10-8(5-16-18-10)17-11(19)9-6(13)3-2-4-7(9)14;1-5(2)4-6-3;1-3-5-4-2/h2-5H,1H3,(H,15,20)(H,16,18)(H,17,19);4H,1-3H3;3,5H,4H2,1-2H3/b;;5-3-. The molecule has 0 fully saturated rings. The molecule has 0 radical (unpaired) electrons. The van der Waals surface area contributed by atoms with Crippen molar-refractivity contribution < 1.29 is 23.1 Å². The van der Waals surface area contributed by atoms with E-state index in [1.54, 1.807) is 13.4 Å². The van der Waals surface area contributed by atoms with Crippen molar-refractivity contribution in [3.05, 3.63) is 71.3 Å². The van der Waals surface area contributed by atoms with Crippen LogP contribution in [0.5, 0.6) is 0 Å². The van der Waals surface area contributed by atoms with Gasteiger partial charge in [0.25, 0.3) is 11.8 Å². The molecule has 170 valence electrons. The van der Waals surface area contributed by atoms with Crippen molar-refractivity contribution in [3.63, 3.8) is 0 Å². The molecule has 1 heterocycles. The number of methoxy groups -OCH3 is 1. The Bertz CT molecular complexity index is 868. The fraction of sp³-hybridized carbons (Fsp3) is 0.318. The van der Waals surface area contributed by atoms with Crippen LogP contribution in [0.1, 0.15) is 55.0 Å². The number of H-pyrrole nitrogens is 1. The summed E-state index contributed by atoms with van der Waals surface area (Å²) in [5.41, 5.74) is 0.476. The van der Waals surface area contributed by atoms with Gasteiger partial charge in [-0.25, -0.2) is 8.78 Å². The van der Waals surface area contributed by atoms with E-state index in [-0.39, 0.29) is 11.4 Å². The van der Waals surface area contributed by atoms with E-state index in [1.165, 1.54) is 18.8 Å². The van der Waals surface area contributed by atoms with Gasteiger partial charge in [0.05, 0.1) is 25.3 Å². The van der Waals surface area contributed by atoms with Crippen molar-refractivity contribution in [1.82, 2.24) is 15.5 Å². The smallest absolute Gasteiger partial charge is 0.271 e. The fourth-order valence-corrected chi connectivity index (χ4v) is 2.05. The Morgan fingerprint density at radius 2 is 1.81 bits per heavy atom. The topological polar surface area (TPSA) is 96.1 Å². The molecule has 7 nitrogen and oxygen atoms in total. The van der Waals surface area contributed by atoms with E-state index >= 15 is 0 Å². The summed E-state index contributed by atoms with van der Waals surface area (Å²) in [6.07, 6.45) is 8.22. The van der Waals surface area contributed by atoms with Crippen molar-refractivity contribution in [3.8, 4) is 0 Å². The van der Waals surface area contributed by atoms with Crippen LogP contribution < -0.4 is 10.6 Å². The highest BCUT2D eigenvalue weighted by Crippen LogP contribution is 2.17. The summed E-state index contributed by atoms with van der Waals surface area (Å²) in [6.45, 7) is 8.14. The average molecular weight is 437 g/mol. The summed E-state index contributed by atoms with van der Waals surface area (Å²) in [6, 6.07) is 3.08. The number of carbonyl (C=O) groups is 2. The fourth-order valence-electron chi connectivity index (χ4n) is 2.05. The van der Waals surface area contributed by atoms with Gasteiger partial charge in [0, 0.05) is 7.05 Å². The molecular formula is C22H30F2N4O3. The van der Waals surface area contributed by atoms with Crippen molar-refractivity contribution in [1.29, 1.82) is 0 Å². The van der Waals surface area contributed by atoms with Gasteiger partial charge in [-0.1, -0.05) is 25.1 Å². The molecule has 1 aromatic carbocycles. The number of carbonyl (C=O) groups excluding carboxylic acids is 2. The van der Waals surface area contributed by atoms with Crippen molar-refractivity contribution in [2.24, 2.45) is 0 Å². The highest BCUT2D eigenvalue weighted by atomic mass is 19.1. The Labute approximate surface area is 181 Å². The van der Waals surface area contributed by atoms with Crippen LogP contribution in [0.2, 0.25) is 0 Å². The largest absolute Gasteiger partial charge is 0.504 e. The van der Waals surface area contributed by atoms with Crippen LogP contribution in [0.4, 0.5) is 14.5 Å². The second-order valence-electron chi connectivity index (χ2n) is 6.20. The Balaban J connectivity index is 0.000000679. The van der Waals surface area contributed by atoms with E-state index in [2.05, 4.69) is 44.6 Å². The molecule has 2 rings (SSSR count). The molecule has 2 aromatic rings. The first-order valence-corrected chi connectivity index (χ1v) is 9.51. The number of allylic oxidation sites excluding steroid dienone is 3. The Kier molecular flexibility index (Phi) is 13.6. The normalized spacial score (nSPS) is 9.55. The summed E-state index contributed by atoms with van der Waals surface area (Å²) in [7, 11) is 3.04. The second-order valence-corrected chi connectivity index (χ2v) is 6.20. The number of nitrogens with zero attached hydrogens (tertiary/aromatic N) is 1. The van der Waals surface area contributed by atoms with Gasteiger partial charge in [0.1, 0.15) is 22.9 Å². The number of benzene rings is 1. The molecule has 9 heteroatoms. The highest BCUT2D eigenvalue weighted by molar-refractivity contribution is 6.08. The SMILES string of the molecule is C/C=C\CC.CNC(=O)c1[nH]ncc1NC(=O)c1c(F)cccc1F.COC=C(C)C. The van der Waals surface area contributed by atoms with E-state index in [4.69, 9.17) is 0 Å². The van der Waals surface area contributed by atoms with Gasteiger partial charge in [0.2, 0.25) is 0 Å². The summed E-state index contributed by atoms with van der Waals surface area (Å²) >= 11 is 0. The monoisotopic (exact) mass is 436 g/mol. The van der Waals surface area contributed by atoms with Crippen LogP contribution in [0.25, 0.3) is 0 Å². The molecular weight excluding hydrogens is 406 g/mol. The first kappa shape index (κ1) is 27.5. The van der Waals surface area contributed by atoms with Gasteiger partial charge in [-0.15, -0.1) is 0 Å². The average Bonchev–Trinajstić information content (AvgIpc) is 3.17. The van der Waals surface area contributed by atoms with Crippen LogP contribution in [-0.2, 0) is 4.74 Å². The Morgan fingerprint density at radius 1 is 1.19 bits per heavy atom. The molecule has 0 aliphatic carbocycles. The zero-order chi connectivity index (χ0) is 23.8. The number of anilines is 1. The van der Waals surface area contributed by atoms with E-state index in [1.807, 2.05) is 20.8 Å². The lowest BCUT2D eigenvalue weighted by molar-refractivity contribution is 0.0959. The summed E-state index contributed by atoms with van der Waals surface area (Å²) in [4.78, 5) is 23.3. The number of nitrogens with one attached hydrogen (secondary N) is 3. The minimum absolute atomic E-state index is 0.0161. The Hall–Kier alpha value is -3.49. The molecule has 31 heavy (non-hydrogen) atoms. The maximum atomic E-state index is 13.5. The van der Waals surface area contributed by atoms with E-state index < -0.39 is 29.0 Å². The summed E-state index contributed by atoms with van der Waals surface area (Å²) in [5.74, 6) is -3.51. The lowest BCUT2D eigenvalue weighted by atomic mass is 10.2. The third kappa shape index (κ3) is 10.2. The number of amides is 2. The maximum absolute atomic E-state index is 13.5. The second kappa shape index (κ2) is 15.4. The zero-order valence-corrected chi connectivity index (χ0v) is 18.7. The molecule has 0 unspecified atom stereocenters. The Morgan fingerprint density at radius 3 is 2.19 bits per heavy atom. The third-order valence-corrected chi connectivity index (χ3v) is 3.36. The first-order chi connectivity index (χ1) is 14.7. The van der Waals surface area contributed by atoms with Gasteiger partial charge in [-0.3, -0.25) is 14.7 Å². The molecule has 0 bridgehead atoms. The van der Waals surface area contributed by atoms with E-state index in [0.29, 0.717) is 0 Å². The molecule has 1 aromatic heterocycles. The molecule has 0 atom stereocenters. The number of aromatic amines is 1. The zero-order valence-electron chi connectivity index (χ0n) is 18.7. The van der Waals surface area contributed by atoms with Crippen LogP contribution in [0, 0.1) is 11.6 Å². The molecule has 0 aliphatic heterocycles. The number of rotatable bonds is 5. The maximum Gasteiger partial charge on any atom is 0.271 e. The number of hydrogen-bond donors (Lipinski definition) is 3. The summed E-state index contributed by atoms with van der Waals surface area (Å²) in [5, 5.41) is 10.5. The predicted octanol–water partition coefficient (Wildman–Crippen LogP) is 4.83. The number of aromatic nitrogens is 2. The molecule has 0 saturated carbocycles. The van der Waals surface area contributed by atoms with Crippen molar-refractivity contribution >= 4 is 17.5 Å². The molecule has 3 N–H and O–H groups in total. The van der Waals surface area contributed by atoms with Crippen molar-refractivity contribution in [2.75, 3.05) is 19.5 Å². The minimum atomic E-state index is -1.01. The number of ether oxygens (including phenoxy) is 1. The predicted molar refractivity (Wildman–Crippen MR) is 118 cm³/mol. The van der Waals surface area contributed by atoms with Gasteiger partial charge in [-0.05, 0) is 44.9 Å². The highest BCUT2D eigenvalue weighted by Gasteiger charge is 2.20. The van der Waals surface area contributed by atoms with Gasteiger partial charge in [0.15, 0.2) is 0 Å². The molecule has 2 amide bonds. The number of halogens is 2. The van der Waals surface area contributed by atoms with E-state index in [9.17, 15) is 18.4 Å². The molecule has 0 spiro atoms. The summed E-state index contributed by atoms with van der Waals surface area (Å²) < 4.78 is 31.5. The van der Waals surface area contributed by atoms with Crippen molar-refractivity contribution in [2.45, 2.75) is 34.1 Å². The van der Waals surface area contributed by atoms with Gasteiger partial charge in [-0.2, -0.15) is 5.10 Å². The number of hydrogen-bond acceptors (Lipinski definition) is 4. The van der Waals surface area contributed by atoms with Crippen LogP contribution >= 0.6 is 0 Å². The van der Waals surface area contributed by atoms with Gasteiger partial charge >= 0.3 is 0 Å². The lowest BCUT2D eigenvalue weighted by Gasteiger charge is -2.06. The quantitative estimate of drug-likeness (QED) is 0.462.